The average molecular weight is 382 g/mol. The molecule has 1 aromatic heterocycles. The summed E-state index contributed by atoms with van der Waals surface area (Å²) in [4.78, 5) is 36.0. The fraction of sp³-hybridized carbons (Fsp3) is 0.429. The molecule has 1 N–H and O–H groups in total. The molecule has 1 aliphatic heterocycles. The van der Waals surface area contributed by atoms with E-state index >= 15 is 0 Å². The first kappa shape index (κ1) is 18.5. The third-order valence-electron chi connectivity index (χ3n) is 5.80. The minimum atomic E-state index is -0.469. The number of halogens is 1. The van der Waals surface area contributed by atoms with Crippen LogP contribution in [0.2, 0.25) is 0 Å². The number of benzene rings is 1. The number of aryl methyl sites for hydroxylation is 1. The second kappa shape index (κ2) is 7.30. The molecule has 4 rings (SSSR count). The Bertz CT molecular complexity index is 919. The first-order valence-corrected chi connectivity index (χ1v) is 9.64. The molecule has 1 spiro atoms. The number of anilines is 1. The molecule has 1 aromatic carbocycles. The highest BCUT2D eigenvalue weighted by Gasteiger charge is 2.50. The molecule has 1 saturated heterocycles. The van der Waals surface area contributed by atoms with Crippen LogP contribution in [0.4, 0.5) is 10.2 Å². The van der Waals surface area contributed by atoms with Gasteiger partial charge in [0, 0.05) is 24.3 Å². The summed E-state index contributed by atoms with van der Waals surface area (Å²) in [6, 6.07) is 5.56. The van der Waals surface area contributed by atoms with Gasteiger partial charge in [-0.1, -0.05) is 12.5 Å². The lowest BCUT2D eigenvalue weighted by Gasteiger charge is -2.36. The number of nitrogens with one attached hydrogen (secondary N) is 1. The molecule has 0 radical (unpaired) electrons. The van der Waals surface area contributed by atoms with Gasteiger partial charge in [0.25, 0.3) is 5.91 Å². The molecule has 1 aliphatic carbocycles. The maximum atomic E-state index is 13.4. The van der Waals surface area contributed by atoms with Crippen molar-refractivity contribution in [3.8, 4) is 0 Å². The summed E-state index contributed by atoms with van der Waals surface area (Å²) in [5.41, 5.74) is 0.605. The zero-order valence-electron chi connectivity index (χ0n) is 15.8. The lowest BCUT2D eigenvalue weighted by atomic mass is 9.71. The van der Waals surface area contributed by atoms with Gasteiger partial charge in [0.15, 0.2) is 5.82 Å². The lowest BCUT2D eigenvalue weighted by molar-refractivity contribution is -0.127. The second-order valence-corrected chi connectivity index (χ2v) is 7.78. The van der Waals surface area contributed by atoms with Crippen molar-refractivity contribution >= 4 is 17.6 Å². The van der Waals surface area contributed by atoms with E-state index in [4.69, 9.17) is 0 Å². The van der Waals surface area contributed by atoms with Gasteiger partial charge < -0.3 is 5.32 Å². The van der Waals surface area contributed by atoms with Gasteiger partial charge in [0.1, 0.15) is 5.82 Å². The van der Waals surface area contributed by atoms with Crippen LogP contribution in [0.5, 0.6) is 0 Å². The molecule has 2 fully saturated rings. The van der Waals surface area contributed by atoms with E-state index in [-0.39, 0.29) is 17.9 Å². The molecule has 2 heterocycles. The highest BCUT2D eigenvalue weighted by atomic mass is 19.1. The summed E-state index contributed by atoms with van der Waals surface area (Å²) in [6.07, 6.45) is 7.13. The van der Waals surface area contributed by atoms with Crippen molar-refractivity contribution in [3.05, 3.63) is 53.7 Å². The molecule has 1 saturated carbocycles. The first-order chi connectivity index (χ1) is 13.5. The van der Waals surface area contributed by atoms with E-state index in [2.05, 4.69) is 15.3 Å². The lowest BCUT2D eigenvalue weighted by Crippen LogP contribution is -2.46. The number of carbonyl (C=O) groups excluding carboxylic acids is 2. The Morgan fingerprint density at radius 3 is 2.96 bits per heavy atom. The average Bonchev–Trinajstić information content (AvgIpc) is 2.97. The van der Waals surface area contributed by atoms with Crippen molar-refractivity contribution in [2.24, 2.45) is 5.41 Å². The van der Waals surface area contributed by atoms with Crippen LogP contribution in [0.1, 0.15) is 48.2 Å². The van der Waals surface area contributed by atoms with E-state index < -0.39 is 11.2 Å². The Labute approximate surface area is 163 Å². The van der Waals surface area contributed by atoms with Crippen molar-refractivity contribution in [1.82, 2.24) is 15.3 Å². The first-order valence-electron chi connectivity index (χ1n) is 9.64. The molecular formula is C21H23FN4O2. The van der Waals surface area contributed by atoms with Crippen LogP contribution in [0, 0.1) is 18.2 Å². The summed E-state index contributed by atoms with van der Waals surface area (Å²) in [7, 11) is 0. The second-order valence-electron chi connectivity index (χ2n) is 7.78. The molecule has 2 aromatic rings. The van der Waals surface area contributed by atoms with Crippen LogP contribution in [0.15, 0.2) is 36.7 Å². The Morgan fingerprint density at radius 2 is 2.18 bits per heavy atom. The smallest absolute Gasteiger partial charge is 0.251 e. The zero-order valence-corrected chi connectivity index (χ0v) is 15.8. The molecule has 2 amide bonds. The number of amides is 2. The minimum absolute atomic E-state index is 0.0668. The molecule has 7 heteroatoms. The van der Waals surface area contributed by atoms with Crippen LogP contribution in [-0.4, -0.2) is 34.4 Å². The van der Waals surface area contributed by atoms with E-state index in [0.29, 0.717) is 24.3 Å². The van der Waals surface area contributed by atoms with Gasteiger partial charge >= 0.3 is 0 Å². The van der Waals surface area contributed by atoms with Gasteiger partial charge in [-0.3, -0.25) is 19.5 Å². The highest BCUT2D eigenvalue weighted by molar-refractivity contribution is 5.99. The molecule has 28 heavy (non-hydrogen) atoms. The van der Waals surface area contributed by atoms with Crippen molar-refractivity contribution in [1.29, 1.82) is 0 Å². The summed E-state index contributed by atoms with van der Waals surface area (Å²) >= 11 is 0. The number of carbonyl (C=O) groups is 2. The summed E-state index contributed by atoms with van der Waals surface area (Å²) < 4.78 is 13.4. The van der Waals surface area contributed by atoms with Crippen molar-refractivity contribution < 1.29 is 14.0 Å². The Kier molecular flexibility index (Phi) is 4.83. The standard InChI is InChI=1S/C21H23FN4O2/c1-14-12-23-13-18(24-14)26-9-8-21(20(26)28)7-3-6-17(11-21)25-19(27)15-4-2-5-16(22)10-15/h2,4-5,10,12-13,17H,3,6-9,11H2,1H3,(H,25,27)/t17-,21+/m1/s1. The van der Waals surface area contributed by atoms with E-state index in [9.17, 15) is 14.0 Å². The summed E-state index contributed by atoms with van der Waals surface area (Å²) in [5.74, 6) is -0.0769. The van der Waals surface area contributed by atoms with E-state index in [1.54, 1.807) is 23.4 Å². The summed E-state index contributed by atoms with van der Waals surface area (Å²) in [5, 5.41) is 2.99. The van der Waals surface area contributed by atoms with Gasteiger partial charge in [0.05, 0.1) is 17.3 Å². The zero-order chi connectivity index (χ0) is 19.7. The van der Waals surface area contributed by atoms with Gasteiger partial charge in [-0.05, 0) is 50.8 Å². The Balaban J connectivity index is 1.47. The highest BCUT2D eigenvalue weighted by Crippen LogP contribution is 2.45. The van der Waals surface area contributed by atoms with E-state index in [1.165, 1.54) is 18.2 Å². The molecule has 0 bridgehead atoms. The van der Waals surface area contributed by atoms with Gasteiger partial charge in [-0.15, -0.1) is 0 Å². The predicted molar refractivity (Wildman–Crippen MR) is 102 cm³/mol. The third-order valence-corrected chi connectivity index (χ3v) is 5.80. The number of nitrogens with zero attached hydrogens (tertiary/aromatic N) is 3. The fourth-order valence-electron chi connectivity index (χ4n) is 4.43. The van der Waals surface area contributed by atoms with Crippen LogP contribution in [-0.2, 0) is 4.79 Å². The van der Waals surface area contributed by atoms with E-state index in [1.807, 2.05) is 6.92 Å². The maximum absolute atomic E-state index is 13.4. The summed E-state index contributed by atoms with van der Waals surface area (Å²) in [6.45, 7) is 2.47. The predicted octanol–water partition coefficient (Wildman–Crippen LogP) is 3.02. The van der Waals surface area contributed by atoms with Gasteiger partial charge in [0.2, 0.25) is 5.91 Å². The molecule has 2 atom stereocenters. The monoisotopic (exact) mass is 382 g/mol. The number of rotatable bonds is 3. The van der Waals surface area contributed by atoms with Crippen molar-refractivity contribution in [2.75, 3.05) is 11.4 Å². The van der Waals surface area contributed by atoms with Gasteiger partial charge in [-0.25, -0.2) is 9.37 Å². The molecule has 6 nitrogen and oxygen atoms in total. The Hall–Kier alpha value is -2.83. The topological polar surface area (TPSA) is 75.2 Å². The maximum Gasteiger partial charge on any atom is 0.251 e. The minimum Gasteiger partial charge on any atom is -0.349 e. The number of hydrogen-bond donors (Lipinski definition) is 1. The number of aromatic nitrogens is 2. The Morgan fingerprint density at radius 1 is 1.32 bits per heavy atom. The largest absolute Gasteiger partial charge is 0.349 e. The fourth-order valence-corrected chi connectivity index (χ4v) is 4.43. The van der Waals surface area contributed by atoms with Crippen molar-refractivity contribution in [2.45, 2.75) is 45.1 Å². The van der Waals surface area contributed by atoms with Crippen molar-refractivity contribution in [3.63, 3.8) is 0 Å². The van der Waals surface area contributed by atoms with Crippen LogP contribution in [0.3, 0.4) is 0 Å². The molecular weight excluding hydrogens is 359 g/mol. The van der Waals surface area contributed by atoms with Gasteiger partial charge in [-0.2, -0.15) is 0 Å². The van der Waals surface area contributed by atoms with E-state index in [0.717, 1.165) is 31.4 Å². The molecule has 0 unspecified atom stereocenters. The quantitative estimate of drug-likeness (QED) is 0.885. The SMILES string of the molecule is Cc1cncc(N2CC[C@]3(CCC[C@@H](NC(=O)c4cccc(F)c4)C3)C2=O)n1. The normalized spacial score (nSPS) is 24.6. The molecule has 146 valence electrons. The molecule has 2 aliphatic rings. The van der Waals surface area contributed by atoms with Crippen LogP contribution < -0.4 is 10.2 Å². The van der Waals surface area contributed by atoms with Crippen LogP contribution in [0.25, 0.3) is 0 Å². The number of hydrogen-bond acceptors (Lipinski definition) is 4. The third kappa shape index (κ3) is 3.48. The van der Waals surface area contributed by atoms with Crippen LogP contribution >= 0.6 is 0 Å².